The molecule has 6 heteroatoms. The molecule has 0 aliphatic carbocycles. The summed E-state index contributed by atoms with van der Waals surface area (Å²) in [5.74, 6) is 0.207. The highest BCUT2D eigenvalue weighted by atomic mass is 16.5. The molecule has 0 radical (unpaired) electrons. The molecule has 0 spiro atoms. The molecule has 1 aliphatic heterocycles. The Morgan fingerprint density at radius 3 is 3.28 bits per heavy atom. The van der Waals surface area contributed by atoms with Crippen LogP contribution < -0.4 is 5.32 Å². The Labute approximate surface area is 106 Å². The minimum absolute atomic E-state index is 0.124. The van der Waals surface area contributed by atoms with Crippen LogP contribution >= 0.6 is 0 Å². The summed E-state index contributed by atoms with van der Waals surface area (Å²) in [6.45, 7) is 0.797. The van der Waals surface area contributed by atoms with E-state index in [4.69, 9.17) is 10.00 Å². The number of nitriles is 1. The molecule has 1 amide bonds. The van der Waals surface area contributed by atoms with Gasteiger partial charge in [-0.05, 0) is 19.3 Å². The third-order valence-electron chi connectivity index (χ3n) is 2.92. The van der Waals surface area contributed by atoms with Gasteiger partial charge in [0, 0.05) is 26.3 Å². The van der Waals surface area contributed by atoms with E-state index in [9.17, 15) is 4.79 Å². The largest absolute Gasteiger partial charge is 0.378 e. The number of carbonyl (C=O) groups is 1. The predicted molar refractivity (Wildman–Crippen MR) is 64.8 cm³/mol. The van der Waals surface area contributed by atoms with E-state index < -0.39 is 0 Å². The molecule has 2 heterocycles. The highest BCUT2D eigenvalue weighted by Gasteiger charge is 2.17. The Balaban J connectivity index is 1.84. The molecule has 18 heavy (non-hydrogen) atoms. The lowest BCUT2D eigenvalue weighted by Crippen LogP contribution is -2.16. The minimum atomic E-state index is -0.124. The molecule has 2 rings (SSSR count). The van der Waals surface area contributed by atoms with E-state index in [0.29, 0.717) is 17.8 Å². The number of aryl methyl sites for hydroxylation is 1. The van der Waals surface area contributed by atoms with Gasteiger partial charge in [-0.1, -0.05) is 0 Å². The number of hydrogen-bond acceptors (Lipinski definition) is 4. The number of amides is 1. The van der Waals surface area contributed by atoms with Gasteiger partial charge in [0.2, 0.25) is 5.91 Å². The maximum atomic E-state index is 11.7. The average molecular weight is 248 g/mol. The molecular weight excluding hydrogens is 232 g/mol. The third-order valence-corrected chi connectivity index (χ3v) is 2.92. The monoisotopic (exact) mass is 248 g/mol. The number of hydrogen-bond donors (Lipinski definition) is 1. The van der Waals surface area contributed by atoms with Gasteiger partial charge in [0.1, 0.15) is 11.6 Å². The van der Waals surface area contributed by atoms with Gasteiger partial charge in [0.25, 0.3) is 0 Å². The van der Waals surface area contributed by atoms with E-state index in [1.165, 1.54) is 4.68 Å². The first kappa shape index (κ1) is 12.6. The number of carbonyl (C=O) groups excluding carboxylic acids is 1. The number of ether oxygens (including phenoxy) is 1. The Hall–Kier alpha value is -1.87. The third kappa shape index (κ3) is 3.08. The SMILES string of the molecule is Cn1cc(C#N)c(NC(=O)CCC2CCCO2)n1. The van der Waals surface area contributed by atoms with Crippen molar-refractivity contribution in [3.63, 3.8) is 0 Å². The molecule has 1 aliphatic rings. The fraction of sp³-hybridized carbons (Fsp3) is 0.583. The van der Waals surface area contributed by atoms with E-state index in [1.807, 2.05) is 6.07 Å². The van der Waals surface area contributed by atoms with E-state index in [1.54, 1.807) is 13.2 Å². The van der Waals surface area contributed by atoms with Gasteiger partial charge >= 0.3 is 0 Å². The Bertz CT molecular complexity index is 469. The minimum Gasteiger partial charge on any atom is -0.378 e. The number of nitrogens with one attached hydrogen (secondary N) is 1. The molecule has 0 saturated carbocycles. The molecule has 96 valence electrons. The van der Waals surface area contributed by atoms with Crippen LogP contribution in [0.15, 0.2) is 6.20 Å². The van der Waals surface area contributed by atoms with Crippen molar-refractivity contribution in [3.8, 4) is 6.07 Å². The van der Waals surface area contributed by atoms with Gasteiger partial charge in [0.05, 0.1) is 6.10 Å². The fourth-order valence-corrected chi connectivity index (χ4v) is 2.02. The normalized spacial score (nSPS) is 18.6. The van der Waals surface area contributed by atoms with E-state index in [2.05, 4.69) is 10.4 Å². The number of nitrogens with zero attached hydrogens (tertiary/aromatic N) is 3. The van der Waals surface area contributed by atoms with Crippen LogP contribution in [0, 0.1) is 11.3 Å². The van der Waals surface area contributed by atoms with Crippen molar-refractivity contribution in [3.05, 3.63) is 11.8 Å². The summed E-state index contributed by atoms with van der Waals surface area (Å²) in [5, 5.41) is 15.6. The second-order valence-corrected chi connectivity index (χ2v) is 4.40. The van der Waals surface area contributed by atoms with Crippen molar-refractivity contribution in [2.45, 2.75) is 31.8 Å². The van der Waals surface area contributed by atoms with Gasteiger partial charge in [0.15, 0.2) is 5.82 Å². The summed E-state index contributed by atoms with van der Waals surface area (Å²) in [6, 6.07) is 2.00. The lowest BCUT2D eigenvalue weighted by Gasteiger charge is -2.08. The summed E-state index contributed by atoms with van der Waals surface area (Å²) >= 11 is 0. The molecule has 0 bridgehead atoms. The molecule has 1 aromatic rings. The number of aromatic nitrogens is 2. The molecule has 1 saturated heterocycles. The first-order chi connectivity index (χ1) is 8.69. The second kappa shape index (κ2) is 5.65. The van der Waals surface area contributed by atoms with Crippen LogP contribution in [0.2, 0.25) is 0 Å². The molecule has 0 aromatic carbocycles. The van der Waals surface area contributed by atoms with Crippen LogP contribution in [-0.4, -0.2) is 28.4 Å². The first-order valence-corrected chi connectivity index (χ1v) is 6.04. The predicted octanol–water partition coefficient (Wildman–Crippen LogP) is 1.19. The van der Waals surface area contributed by atoms with Gasteiger partial charge in [-0.2, -0.15) is 10.4 Å². The van der Waals surface area contributed by atoms with E-state index >= 15 is 0 Å². The van der Waals surface area contributed by atoms with Crippen LogP contribution in [0.3, 0.4) is 0 Å². The maximum absolute atomic E-state index is 11.7. The summed E-state index contributed by atoms with van der Waals surface area (Å²) in [4.78, 5) is 11.7. The molecule has 1 atom stereocenters. The van der Waals surface area contributed by atoms with Crippen LogP contribution in [0.5, 0.6) is 0 Å². The number of anilines is 1. The van der Waals surface area contributed by atoms with Crippen molar-refractivity contribution in [2.75, 3.05) is 11.9 Å². The Morgan fingerprint density at radius 2 is 2.61 bits per heavy atom. The van der Waals surface area contributed by atoms with E-state index in [-0.39, 0.29) is 12.0 Å². The highest BCUT2D eigenvalue weighted by Crippen LogP contribution is 2.17. The fourth-order valence-electron chi connectivity index (χ4n) is 2.02. The first-order valence-electron chi connectivity index (χ1n) is 6.04. The van der Waals surface area contributed by atoms with Crippen LogP contribution in [-0.2, 0) is 16.6 Å². The van der Waals surface area contributed by atoms with Crippen molar-refractivity contribution < 1.29 is 9.53 Å². The average Bonchev–Trinajstić information content (AvgIpc) is 2.96. The molecular formula is C12H16N4O2. The van der Waals surface area contributed by atoms with Crippen molar-refractivity contribution >= 4 is 11.7 Å². The number of rotatable bonds is 4. The van der Waals surface area contributed by atoms with Crippen LogP contribution in [0.25, 0.3) is 0 Å². The standard InChI is InChI=1S/C12H16N4O2/c1-16-8-9(7-13)12(15-16)14-11(17)5-4-10-3-2-6-18-10/h8,10H,2-6H2,1H3,(H,14,15,17). The lowest BCUT2D eigenvalue weighted by atomic mass is 10.1. The van der Waals surface area contributed by atoms with Crippen LogP contribution in [0.4, 0.5) is 5.82 Å². The molecule has 1 aromatic heterocycles. The topological polar surface area (TPSA) is 79.9 Å². The van der Waals surface area contributed by atoms with Crippen molar-refractivity contribution in [1.29, 1.82) is 5.26 Å². The molecule has 6 nitrogen and oxygen atoms in total. The molecule has 1 N–H and O–H groups in total. The zero-order valence-corrected chi connectivity index (χ0v) is 10.3. The summed E-state index contributed by atoms with van der Waals surface area (Å²) in [7, 11) is 1.71. The van der Waals surface area contributed by atoms with Gasteiger partial charge in [-0.25, -0.2) is 0 Å². The zero-order valence-electron chi connectivity index (χ0n) is 10.3. The summed E-state index contributed by atoms with van der Waals surface area (Å²) in [6.07, 6.45) is 5.00. The second-order valence-electron chi connectivity index (χ2n) is 4.40. The van der Waals surface area contributed by atoms with Gasteiger partial charge < -0.3 is 10.1 Å². The Morgan fingerprint density at radius 1 is 1.78 bits per heavy atom. The van der Waals surface area contributed by atoms with Gasteiger partial charge in [-0.3, -0.25) is 9.48 Å². The van der Waals surface area contributed by atoms with Crippen LogP contribution in [0.1, 0.15) is 31.2 Å². The quantitative estimate of drug-likeness (QED) is 0.867. The van der Waals surface area contributed by atoms with Crippen molar-refractivity contribution in [1.82, 2.24) is 9.78 Å². The maximum Gasteiger partial charge on any atom is 0.225 e. The molecule has 1 unspecified atom stereocenters. The van der Waals surface area contributed by atoms with Gasteiger partial charge in [-0.15, -0.1) is 0 Å². The lowest BCUT2D eigenvalue weighted by molar-refractivity contribution is -0.116. The zero-order chi connectivity index (χ0) is 13.0. The molecule has 1 fully saturated rings. The Kier molecular flexibility index (Phi) is 3.95. The summed E-state index contributed by atoms with van der Waals surface area (Å²) in [5.41, 5.74) is 0.378. The smallest absolute Gasteiger partial charge is 0.225 e. The summed E-state index contributed by atoms with van der Waals surface area (Å²) < 4.78 is 6.96. The van der Waals surface area contributed by atoms with E-state index in [0.717, 1.165) is 25.9 Å². The van der Waals surface area contributed by atoms with Crippen molar-refractivity contribution in [2.24, 2.45) is 7.05 Å². The highest BCUT2D eigenvalue weighted by molar-refractivity contribution is 5.90.